The van der Waals surface area contributed by atoms with Crippen LogP contribution in [0.1, 0.15) is 21.8 Å². The van der Waals surface area contributed by atoms with Crippen LogP contribution in [-0.2, 0) is 11.8 Å². The van der Waals surface area contributed by atoms with E-state index in [1.807, 2.05) is 43.2 Å². The number of aryl methyl sites for hydroxylation is 2. The second kappa shape index (κ2) is 7.20. The van der Waals surface area contributed by atoms with E-state index >= 15 is 0 Å². The van der Waals surface area contributed by atoms with Gasteiger partial charge in [0.05, 0.1) is 24.2 Å². The second-order valence-corrected chi connectivity index (χ2v) is 8.30. The number of hydrogen-bond donors (Lipinski definition) is 0. The molecule has 0 spiro atoms. The van der Waals surface area contributed by atoms with Crippen molar-refractivity contribution >= 4 is 34.3 Å². The van der Waals surface area contributed by atoms with Gasteiger partial charge in [-0.15, -0.1) is 11.3 Å². The lowest BCUT2D eigenvalue weighted by atomic mass is 10.1. The van der Waals surface area contributed by atoms with E-state index in [1.165, 1.54) is 11.3 Å². The number of esters is 1. The van der Waals surface area contributed by atoms with E-state index in [9.17, 15) is 4.79 Å². The SMILES string of the molecule is Cc1nc(-c2ccsc2)sc1C(=O)OCC1CCN(c2cnn(C)c2)C1. The van der Waals surface area contributed by atoms with Gasteiger partial charge in [0.25, 0.3) is 0 Å². The minimum Gasteiger partial charge on any atom is -0.461 e. The highest BCUT2D eigenvalue weighted by atomic mass is 32.1. The Labute approximate surface area is 160 Å². The predicted octanol–water partition coefficient (Wildman–Crippen LogP) is 3.60. The van der Waals surface area contributed by atoms with E-state index in [-0.39, 0.29) is 5.97 Å². The van der Waals surface area contributed by atoms with E-state index in [1.54, 1.807) is 16.0 Å². The first-order valence-electron chi connectivity index (χ1n) is 8.51. The third-order valence-corrected chi connectivity index (χ3v) is 6.41. The number of carbonyl (C=O) groups is 1. The Hall–Kier alpha value is -2.19. The van der Waals surface area contributed by atoms with E-state index in [0.29, 0.717) is 17.4 Å². The van der Waals surface area contributed by atoms with Crippen LogP contribution in [0.5, 0.6) is 0 Å². The molecule has 4 heterocycles. The van der Waals surface area contributed by atoms with Crippen LogP contribution in [0.3, 0.4) is 0 Å². The van der Waals surface area contributed by atoms with Crippen molar-refractivity contribution in [2.45, 2.75) is 13.3 Å². The molecule has 3 aromatic rings. The number of ether oxygens (including phenoxy) is 1. The van der Waals surface area contributed by atoms with Crippen LogP contribution in [0, 0.1) is 12.8 Å². The first-order chi connectivity index (χ1) is 12.6. The molecule has 0 aromatic carbocycles. The Morgan fingerprint density at radius 1 is 1.46 bits per heavy atom. The normalized spacial score (nSPS) is 17.0. The molecule has 1 atom stereocenters. The highest BCUT2D eigenvalue weighted by molar-refractivity contribution is 7.17. The maximum atomic E-state index is 12.5. The van der Waals surface area contributed by atoms with Gasteiger partial charge >= 0.3 is 5.97 Å². The summed E-state index contributed by atoms with van der Waals surface area (Å²) in [5.74, 6) is 0.0880. The van der Waals surface area contributed by atoms with Crippen molar-refractivity contribution in [1.29, 1.82) is 0 Å². The zero-order valence-electron chi connectivity index (χ0n) is 14.7. The molecule has 1 fully saturated rings. The van der Waals surface area contributed by atoms with E-state index in [2.05, 4.69) is 15.0 Å². The number of anilines is 1. The molecule has 1 saturated heterocycles. The number of hydrogen-bond acceptors (Lipinski definition) is 7. The lowest BCUT2D eigenvalue weighted by molar-refractivity contribution is 0.0456. The Balaban J connectivity index is 1.35. The molecular weight excluding hydrogens is 368 g/mol. The van der Waals surface area contributed by atoms with Crippen LogP contribution in [0.2, 0.25) is 0 Å². The van der Waals surface area contributed by atoms with Crippen molar-refractivity contribution in [3.63, 3.8) is 0 Å². The van der Waals surface area contributed by atoms with Gasteiger partial charge in [-0.2, -0.15) is 16.4 Å². The molecule has 6 nitrogen and oxygen atoms in total. The van der Waals surface area contributed by atoms with Crippen molar-refractivity contribution < 1.29 is 9.53 Å². The van der Waals surface area contributed by atoms with E-state index in [4.69, 9.17) is 4.74 Å². The number of thiazole rings is 1. The molecule has 136 valence electrons. The highest BCUT2D eigenvalue weighted by Crippen LogP contribution is 2.30. The summed E-state index contributed by atoms with van der Waals surface area (Å²) in [6.07, 6.45) is 4.91. The lowest BCUT2D eigenvalue weighted by Crippen LogP contribution is -2.21. The molecule has 1 aliphatic rings. The summed E-state index contributed by atoms with van der Waals surface area (Å²) in [6.45, 7) is 4.17. The van der Waals surface area contributed by atoms with Crippen LogP contribution in [0.15, 0.2) is 29.2 Å². The summed E-state index contributed by atoms with van der Waals surface area (Å²) in [5.41, 5.74) is 2.93. The third kappa shape index (κ3) is 3.52. The Morgan fingerprint density at radius 2 is 2.35 bits per heavy atom. The van der Waals surface area contributed by atoms with Crippen molar-refractivity contribution in [2.24, 2.45) is 13.0 Å². The second-order valence-electron chi connectivity index (χ2n) is 6.52. The van der Waals surface area contributed by atoms with Crippen LogP contribution >= 0.6 is 22.7 Å². The van der Waals surface area contributed by atoms with Gasteiger partial charge < -0.3 is 9.64 Å². The van der Waals surface area contributed by atoms with Crippen LogP contribution in [0.25, 0.3) is 10.6 Å². The van der Waals surface area contributed by atoms with Crippen molar-refractivity contribution in [3.05, 3.63) is 39.8 Å². The topological polar surface area (TPSA) is 60.2 Å². The maximum Gasteiger partial charge on any atom is 0.350 e. The van der Waals surface area contributed by atoms with Gasteiger partial charge in [-0.1, -0.05) is 0 Å². The number of thiophene rings is 1. The first kappa shape index (κ1) is 17.2. The van der Waals surface area contributed by atoms with Crippen LogP contribution in [0.4, 0.5) is 5.69 Å². The number of nitrogens with zero attached hydrogens (tertiary/aromatic N) is 4. The number of aromatic nitrogens is 3. The number of rotatable bonds is 5. The molecule has 0 amide bonds. The van der Waals surface area contributed by atoms with Gasteiger partial charge in [-0.25, -0.2) is 9.78 Å². The maximum absolute atomic E-state index is 12.5. The van der Waals surface area contributed by atoms with E-state index in [0.717, 1.165) is 41.5 Å². The summed E-state index contributed by atoms with van der Waals surface area (Å²) >= 11 is 3.03. The summed E-state index contributed by atoms with van der Waals surface area (Å²) in [4.78, 5) is 19.9. The zero-order chi connectivity index (χ0) is 18.1. The smallest absolute Gasteiger partial charge is 0.350 e. The van der Waals surface area contributed by atoms with Crippen molar-refractivity contribution in [1.82, 2.24) is 14.8 Å². The molecule has 8 heteroatoms. The van der Waals surface area contributed by atoms with Gasteiger partial charge in [0.2, 0.25) is 0 Å². The lowest BCUT2D eigenvalue weighted by Gasteiger charge is -2.16. The van der Waals surface area contributed by atoms with Crippen LogP contribution in [-0.4, -0.2) is 40.4 Å². The van der Waals surface area contributed by atoms with Gasteiger partial charge in [0.15, 0.2) is 0 Å². The fourth-order valence-electron chi connectivity index (χ4n) is 3.13. The van der Waals surface area contributed by atoms with Crippen molar-refractivity contribution in [3.8, 4) is 10.6 Å². The minimum atomic E-state index is -0.263. The molecule has 0 aliphatic carbocycles. The molecule has 1 unspecified atom stereocenters. The average molecular weight is 389 g/mol. The minimum absolute atomic E-state index is 0.263. The van der Waals surface area contributed by atoms with Crippen LogP contribution < -0.4 is 4.90 Å². The molecule has 26 heavy (non-hydrogen) atoms. The fourth-order valence-corrected chi connectivity index (χ4v) is 4.80. The summed E-state index contributed by atoms with van der Waals surface area (Å²) in [5, 5.41) is 9.15. The van der Waals surface area contributed by atoms with E-state index < -0.39 is 0 Å². The fraction of sp³-hybridized carbons (Fsp3) is 0.389. The van der Waals surface area contributed by atoms with Gasteiger partial charge in [0, 0.05) is 43.2 Å². The first-order valence-corrected chi connectivity index (χ1v) is 10.3. The summed E-state index contributed by atoms with van der Waals surface area (Å²) in [6, 6.07) is 2.02. The van der Waals surface area contributed by atoms with Crippen molar-refractivity contribution in [2.75, 3.05) is 24.6 Å². The Bertz CT molecular complexity index is 900. The number of carbonyl (C=O) groups excluding carboxylic acids is 1. The predicted molar refractivity (Wildman–Crippen MR) is 104 cm³/mol. The van der Waals surface area contributed by atoms with Gasteiger partial charge in [-0.05, 0) is 24.8 Å². The molecule has 0 saturated carbocycles. The zero-order valence-corrected chi connectivity index (χ0v) is 16.3. The Morgan fingerprint density at radius 3 is 3.08 bits per heavy atom. The monoisotopic (exact) mass is 388 g/mol. The standard InChI is InChI=1S/C18H20N4O2S2/c1-12-16(26-17(20-12)14-4-6-25-11-14)18(23)24-10-13-3-5-22(8-13)15-7-19-21(2)9-15/h4,6-7,9,11,13H,3,5,8,10H2,1-2H3. The quantitative estimate of drug-likeness (QED) is 0.625. The Kier molecular flexibility index (Phi) is 4.78. The molecular formula is C18H20N4O2S2. The molecule has 0 N–H and O–H groups in total. The molecule has 4 rings (SSSR count). The average Bonchev–Trinajstić information content (AvgIpc) is 3.39. The molecule has 3 aromatic heterocycles. The van der Waals surface area contributed by atoms with Gasteiger partial charge in [0.1, 0.15) is 9.88 Å². The summed E-state index contributed by atoms with van der Waals surface area (Å²) in [7, 11) is 1.92. The largest absolute Gasteiger partial charge is 0.461 e. The molecule has 0 radical (unpaired) electrons. The highest BCUT2D eigenvalue weighted by Gasteiger charge is 2.26. The molecule has 0 bridgehead atoms. The third-order valence-electron chi connectivity index (χ3n) is 4.54. The van der Waals surface area contributed by atoms with Gasteiger partial charge in [-0.3, -0.25) is 4.68 Å². The molecule has 1 aliphatic heterocycles. The summed E-state index contributed by atoms with van der Waals surface area (Å²) < 4.78 is 7.41.